The highest BCUT2D eigenvalue weighted by Crippen LogP contribution is 2.27. The highest BCUT2D eigenvalue weighted by atomic mass is 16.5. The number of hydrogen-bond acceptors (Lipinski definition) is 4. The van der Waals surface area contributed by atoms with Crippen LogP contribution in [0.5, 0.6) is 5.75 Å². The Hall–Kier alpha value is -3.08. The Bertz CT molecular complexity index is 1010. The van der Waals surface area contributed by atoms with E-state index in [4.69, 9.17) is 9.26 Å². The molecule has 0 N–H and O–H groups in total. The molecular formula is C20H19N3O2. The van der Waals surface area contributed by atoms with E-state index < -0.39 is 0 Å². The van der Waals surface area contributed by atoms with Crippen LogP contribution in [-0.2, 0) is 0 Å². The largest absolute Gasteiger partial charge is 0.497 e. The Morgan fingerprint density at radius 1 is 1.00 bits per heavy atom. The van der Waals surface area contributed by atoms with Crippen molar-refractivity contribution in [2.45, 2.75) is 19.9 Å². The van der Waals surface area contributed by atoms with Crippen molar-refractivity contribution in [3.8, 4) is 28.6 Å². The topological polar surface area (TPSA) is 53.1 Å². The first kappa shape index (κ1) is 15.4. The van der Waals surface area contributed by atoms with Crippen LogP contribution in [0, 0.1) is 0 Å². The van der Waals surface area contributed by atoms with E-state index in [1.807, 2.05) is 30.3 Å². The van der Waals surface area contributed by atoms with Gasteiger partial charge in [-0.25, -0.2) is 0 Å². The molecule has 2 aromatic carbocycles. The fraction of sp³-hybridized carbons (Fsp3) is 0.200. The van der Waals surface area contributed by atoms with Crippen molar-refractivity contribution in [3.05, 3.63) is 54.7 Å². The van der Waals surface area contributed by atoms with Crippen LogP contribution in [0.3, 0.4) is 0 Å². The van der Waals surface area contributed by atoms with Crippen LogP contribution in [0.2, 0.25) is 0 Å². The lowest BCUT2D eigenvalue weighted by Crippen LogP contribution is -1.97. The molecule has 126 valence electrons. The van der Waals surface area contributed by atoms with Crippen molar-refractivity contribution in [2.24, 2.45) is 0 Å². The second-order valence-electron chi connectivity index (χ2n) is 6.24. The monoisotopic (exact) mass is 333 g/mol. The molecule has 4 rings (SSSR count). The molecule has 5 nitrogen and oxygen atoms in total. The molecule has 0 radical (unpaired) electrons. The van der Waals surface area contributed by atoms with Gasteiger partial charge in [-0.05, 0) is 62.4 Å². The van der Waals surface area contributed by atoms with E-state index in [9.17, 15) is 0 Å². The van der Waals surface area contributed by atoms with Gasteiger partial charge in [0, 0.05) is 34.3 Å². The third-order valence-corrected chi connectivity index (χ3v) is 4.30. The van der Waals surface area contributed by atoms with Crippen LogP contribution in [0.4, 0.5) is 0 Å². The summed E-state index contributed by atoms with van der Waals surface area (Å²) in [6.07, 6.45) is 2.11. The first-order valence-corrected chi connectivity index (χ1v) is 8.25. The van der Waals surface area contributed by atoms with E-state index >= 15 is 0 Å². The lowest BCUT2D eigenvalue weighted by molar-refractivity contribution is 0.414. The van der Waals surface area contributed by atoms with Gasteiger partial charge in [0.05, 0.1) is 7.11 Å². The van der Waals surface area contributed by atoms with E-state index in [0.717, 1.165) is 16.9 Å². The van der Waals surface area contributed by atoms with E-state index in [1.54, 1.807) is 7.11 Å². The summed E-state index contributed by atoms with van der Waals surface area (Å²) >= 11 is 0. The van der Waals surface area contributed by atoms with E-state index in [1.165, 1.54) is 10.9 Å². The van der Waals surface area contributed by atoms with Gasteiger partial charge in [-0.15, -0.1) is 0 Å². The zero-order valence-electron chi connectivity index (χ0n) is 14.4. The molecule has 25 heavy (non-hydrogen) atoms. The number of methoxy groups -OCH3 is 1. The van der Waals surface area contributed by atoms with E-state index in [-0.39, 0.29) is 0 Å². The molecule has 0 aliphatic carbocycles. The number of rotatable bonds is 4. The third kappa shape index (κ3) is 2.78. The van der Waals surface area contributed by atoms with Gasteiger partial charge in [-0.2, -0.15) is 4.98 Å². The van der Waals surface area contributed by atoms with Crippen LogP contribution in [-0.4, -0.2) is 21.8 Å². The first-order valence-electron chi connectivity index (χ1n) is 8.25. The fourth-order valence-corrected chi connectivity index (χ4v) is 2.95. The van der Waals surface area contributed by atoms with Crippen LogP contribution in [0.1, 0.15) is 19.9 Å². The van der Waals surface area contributed by atoms with Gasteiger partial charge in [-0.3, -0.25) is 0 Å². The molecule has 0 saturated carbocycles. The molecule has 4 aromatic rings. The summed E-state index contributed by atoms with van der Waals surface area (Å²) < 4.78 is 12.8. The summed E-state index contributed by atoms with van der Waals surface area (Å²) in [5.74, 6) is 1.88. The number of hydrogen-bond donors (Lipinski definition) is 0. The van der Waals surface area contributed by atoms with Gasteiger partial charge in [0.25, 0.3) is 5.89 Å². The number of fused-ring (bicyclic) bond motifs is 1. The molecule has 2 heterocycles. The number of benzene rings is 2. The minimum absolute atomic E-state index is 0.426. The number of ether oxygens (including phenoxy) is 1. The van der Waals surface area contributed by atoms with Gasteiger partial charge in [0.2, 0.25) is 5.82 Å². The second kappa shape index (κ2) is 6.09. The molecule has 0 spiro atoms. The molecule has 0 unspecified atom stereocenters. The number of nitrogens with zero attached hydrogens (tertiary/aromatic N) is 3. The van der Waals surface area contributed by atoms with Crippen LogP contribution >= 0.6 is 0 Å². The van der Waals surface area contributed by atoms with Crippen molar-refractivity contribution < 1.29 is 9.26 Å². The molecule has 0 aliphatic heterocycles. The highest BCUT2D eigenvalue weighted by molar-refractivity contribution is 5.84. The summed E-state index contributed by atoms with van der Waals surface area (Å²) in [5.41, 5.74) is 3.02. The molecule has 0 bridgehead atoms. The summed E-state index contributed by atoms with van der Waals surface area (Å²) in [7, 11) is 1.64. The average molecular weight is 333 g/mol. The molecule has 0 amide bonds. The molecule has 5 heteroatoms. The van der Waals surface area contributed by atoms with Crippen molar-refractivity contribution in [3.63, 3.8) is 0 Å². The van der Waals surface area contributed by atoms with Gasteiger partial charge < -0.3 is 13.8 Å². The first-order chi connectivity index (χ1) is 12.2. The lowest BCUT2D eigenvalue weighted by atomic mass is 10.1. The van der Waals surface area contributed by atoms with Crippen molar-refractivity contribution in [2.75, 3.05) is 7.11 Å². The highest BCUT2D eigenvalue weighted by Gasteiger charge is 2.12. The SMILES string of the molecule is COc1ccc(-c2nc(-c3ccc4c(ccn4C(C)C)c3)no2)cc1. The molecule has 2 aromatic heterocycles. The predicted molar refractivity (Wildman–Crippen MR) is 97.6 cm³/mol. The minimum Gasteiger partial charge on any atom is -0.497 e. The Morgan fingerprint density at radius 2 is 1.76 bits per heavy atom. The Labute approximate surface area is 145 Å². The molecule has 0 fully saturated rings. The maximum absolute atomic E-state index is 5.43. The Balaban J connectivity index is 1.68. The van der Waals surface area contributed by atoms with Crippen molar-refractivity contribution >= 4 is 10.9 Å². The maximum Gasteiger partial charge on any atom is 0.258 e. The predicted octanol–water partition coefficient (Wildman–Crippen LogP) is 4.95. The molecule has 0 saturated heterocycles. The standard InChI is InChI=1S/C20H19N3O2/c1-13(2)23-11-10-15-12-16(6-9-18(15)23)19-21-20(25-22-19)14-4-7-17(24-3)8-5-14/h4-13H,1-3H3. The zero-order chi connectivity index (χ0) is 17.4. The summed E-state index contributed by atoms with van der Waals surface area (Å²) in [4.78, 5) is 4.53. The zero-order valence-corrected chi connectivity index (χ0v) is 14.4. The average Bonchev–Trinajstić information content (AvgIpc) is 3.28. The van der Waals surface area contributed by atoms with Crippen molar-refractivity contribution in [1.82, 2.24) is 14.7 Å². The smallest absolute Gasteiger partial charge is 0.258 e. The molecule has 0 aliphatic rings. The van der Waals surface area contributed by atoms with Crippen LogP contribution in [0.25, 0.3) is 33.7 Å². The second-order valence-corrected chi connectivity index (χ2v) is 6.24. The van der Waals surface area contributed by atoms with Gasteiger partial charge in [0.15, 0.2) is 0 Å². The molecule has 0 atom stereocenters. The fourth-order valence-electron chi connectivity index (χ4n) is 2.95. The van der Waals surface area contributed by atoms with Crippen LogP contribution in [0.15, 0.2) is 59.3 Å². The van der Waals surface area contributed by atoms with Gasteiger partial charge >= 0.3 is 0 Å². The van der Waals surface area contributed by atoms with E-state index in [2.05, 4.69) is 53.0 Å². The minimum atomic E-state index is 0.426. The van der Waals surface area contributed by atoms with Crippen molar-refractivity contribution in [1.29, 1.82) is 0 Å². The Kier molecular flexibility index (Phi) is 3.76. The lowest BCUT2D eigenvalue weighted by Gasteiger charge is -2.09. The quantitative estimate of drug-likeness (QED) is 0.530. The number of aromatic nitrogens is 3. The molecular weight excluding hydrogens is 314 g/mol. The van der Waals surface area contributed by atoms with Crippen LogP contribution < -0.4 is 4.74 Å². The van der Waals surface area contributed by atoms with Gasteiger partial charge in [0.1, 0.15) is 5.75 Å². The summed E-state index contributed by atoms with van der Waals surface area (Å²) in [6, 6.07) is 16.3. The summed E-state index contributed by atoms with van der Waals surface area (Å²) in [5, 5.41) is 5.30. The summed E-state index contributed by atoms with van der Waals surface area (Å²) in [6.45, 7) is 4.35. The normalized spacial score (nSPS) is 11.4. The Morgan fingerprint density at radius 3 is 2.48 bits per heavy atom. The third-order valence-electron chi connectivity index (χ3n) is 4.30. The van der Waals surface area contributed by atoms with E-state index in [0.29, 0.717) is 17.8 Å². The maximum atomic E-state index is 5.43. The van der Waals surface area contributed by atoms with Gasteiger partial charge in [-0.1, -0.05) is 5.16 Å².